The summed E-state index contributed by atoms with van der Waals surface area (Å²) in [5, 5.41) is 10.7. The first kappa shape index (κ1) is 14.7. The van der Waals surface area contributed by atoms with Crippen LogP contribution in [0.2, 0.25) is 0 Å². The Hall–Kier alpha value is -2.70. The topological polar surface area (TPSA) is 95.7 Å². The van der Waals surface area contributed by atoms with Gasteiger partial charge in [0.1, 0.15) is 11.3 Å². The van der Waals surface area contributed by atoms with E-state index in [0.29, 0.717) is 5.56 Å². The summed E-state index contributed by atoms with van der Waals surface area (Å²) in [6.07, 6.45) is 0. The lowest BCUT2D eigenvalue weighted by atomic mass is 10.0. The highest BCUT2D eigenvalue weighted by molar-refractivity contribution is 6.21. The molecule has 21 heavy (non-hydrogen) atoms. The van der Waals surface area contributed by atoms with Crippen LogP contribution >= 0.6 is 0 Å². The third-order valence-electron chi connectivity index (χ3n) is 2.81. The number of carbonyl (C=O) groups is 2. The summed E-state index contributed by atoms with van der Waals surface area (Å²) in [5.74, 6) is -2.41. The summed E-state index contributed by atoms with van der Waals surface area (Å²) in [4.78, 5) is 33.7. The molecule has 0 spiro atoms. The van der Waals surface area contributed by atoms with Gasteiger partial charge in [0.25, 0.3) is 5.69 Å². The molecule has 2 rings (SSSR count). The highest BCUT2D eigenvalue weighted by Gasteiger charge is 2.38. The Morgan fingerprint density at radius 2 is 1.76 bits per heavy atom. The highest BCUT2D eigenvalue weighted by atomic mass is 16.7. The SMILES string of the molecule is CC(=O)C1=C(c2ccc([N+](=O)[O-])cc2)OC(C)(C)OC1=O. The molecule has 0 bridgehead atoms. The molecule has 0 amide bonds. The smallest absolute Gasteiger partial charge is 0.348 e. The van der Waals surface area contributed by atoms with E-state index in [0.717, 1.165) is 0 Å². The first-order valence-corrected chi connectivity index (χ1v) is 6.13. The Labute approximate surface area is 120 Å². The van der Waals surface area contributed by atoms with E-state index in [9.17, 15) is 19.7 Å². The zero-order valence-electron chi connectivity index (χ0n) is 11.7. The van der Waals surface area contributed by atoms with Gasteiger partial charge in [-0.3, -0.25) is 14.9 Å². The number of rotatable bonds is 3. The summed E-state index contributed by atoms with van der Waals surface area (Å²) in [5.41, 5.74) is 0.0973. The molecule has 0 unspecified atom stereocenters. The molecule has 110 valence electrons. The maximum Gasteiger partial charge on any atom is 0.348 e. The van der Waals surface area contributed by atoms with Crippen molar-refractivity contribution in [2.45, 2.75) is 26.6 Å². The predicted molar refractivity (Wildman–Crippen MR) is 72.0 cm³/mol. The third-order valence-corrected chi connectivity index (χ3v) is 2.81. The van der Waals surface area contributed by atoms with Crippen LogP contribution in [-0.4, -0.2) is 22.5 Å². The molecule has 0 aliphatic carbocycles. The van der Waals surface area contributed by atoms with E-state index in [1.807, 2.05) is 0 Å². The second-order valence-corrected chi connectivity index (χ2v) is 4.96. The zero-order valence-corrected chi connectivity index (χ0v) is 11.7. The number of nitrogens with zero attached hydrogens (tertiary/aromatic N) is 1. The van der Waals surface area contributed by atoms with Gasteiger partial charge in [0.15, 0.2) is 5.78 Å². The van der Waals surface area contributed by atoms with Gasteiger partial charge < -0.3 is 9.47 Å². The average Bonchev–Trinajstić information content (AvgIpc) is 2.36. The molecular weight excluding hydrogens is 278 g/mol. The Balaban J connectivity index is 2.55. The minimum atomic E-state index is -1.22. The van der Waals surface area contributed by atoms with E-state index in [4.69, 9.17) is 9.47 Å². The minimum Gasteiger partial charge on any atom is -0.451 e. The van der Waals surface area contributed by atoms with Crippen LogP contribution < -0.4 is 0 Å². The van der Waals surface area contributed by atoms with E-state index in [2.05, 4.69) is 0 Å². The van der Waals surface area contributed by atoms with Crippen LogP contribution in [0.5, 0.6) is 0 Å². The monoisotopic (exact) mass is 291 g/mol. The van der Waals surface area contributed by atoms with E-state index >= 15 is 0 Å². The number of hydrogen-bond donors (Lipinski definition) is 0. The number of hydrogen-bond acceptors (Lipinski definition) is 6. The largest absolute Gasteiger partial charge is 0.451 e. The van der Waals surface area contributed by atoms with E-state index in [-0.39, 0.29) is 17.0 Å². The van der Waals surface area contributed by atoms with Gasteiger partial charge in [-0.05, 0) is 19.1 Å². The van der Waals surface area contributed by atoms with Crippen molar-refractivity contribution < 1.29 is 24.0 Å². The van der Waals surface area contributed by atoms with Crippen LogP contribution in [0, 0.1) is 10.1 Å². The number of esters is 1. The van der Waals surface area contributed by atoms with Crippen LogP contribution in [0.4, 0.5) is 5.69 Å². The first-order valence-electron chi connectivity index (χ1n) is 6.13. The molecule has 1 heterocycles. The lowest BCUT2D eigenvalue weighted by molar-refractivity contribution is -0.384. The molecular formula is C14H13NO6. The lowest BCUT2D eigenvalue weighted by Gasteiger charge is -2.32. The molecule has 1 aliphatic heterocycles. The van der Waals surface area contributed by atoms with Gasteiger partial charge in [-0.15, -0.1) is 0 Å². The maximum atomic E-state index is 11.9. The average molecular weight is 291 g/mol. The number of cyclic esters (lactones) is 1. The zero-order chi connectivity index (χ0) is 15.8. The van der Waals surface area contributed by atoms with Gasteiger partial charge in [0.05, 0.1) is 4.92 Å². The molecule has 0 atom stereocenters. The van der Waals surface area contributed by atoms with Crippen molar-refractivity contribution in [3.8, 4) is 0 Å². The van der Waals surface area contributed by atoms with Gasteiger partial charge in [0, 0.05) is 31.5 Å². The maximum absolute atomic E-state index is 11.9. The minimum absolute atomic E-state index is 0.0682. The fraction of sp³-hybridized carbons (Fsp3) is 0.286. The molecule has 0 saturated carbocycles. The van der Waals surface area contributed by atoms with Crippen LogP contribution in [0.1, 0.15) is 26.3 Å². The van der Waals surface area contributed by atoms with Crippen LogP contribution in [-0.2, 0) is 19.1 Å². The van der Waals surface area contributed by atoms with Crippen molar-refractivity contribution in [2.75, 3.05) is 0 Å². The van der Waals surface area contributed by atoms with Gasteiger partial charge in [-0.2, -0.15) is 0 Å². The van der Waals surface area contributed by atoms with Crippen molar-refractivity contribution in [1.82, 2.24) is 0 Å². The van der Waals surface area contributed by atoms with Gasteiger partial charge >= 0.3 is 5.97 Å². The molecule has 0 fully saturated rings. The van der Waals surface area contributed by atoms with Crippen LogP contribution in [0.15, 0.2) is 29.8 Å². The summed E-state index contributed by atoms with van der Waals surface area (Å²) in [6.45, 7) is 4.30. The molecule has 7 nitrogen and oxygen atoms in total. The predicted octanol–water partition coefficient (Wildman–Crippen LogP) is 2.20. The Morgan fingerprint density at radius 3 is 2.24 bits per heavy atom. The Bertz CT molecular complexity index is 657. The number of carbonyl (C=O) groups excluding carboxylic acids is 2. The molecule has 1 aromatic carbocycles. The fourth-order valence-corrected chi connectivity index (χ4v) is 1.93. The lowest BCUT2D eigenvalue weighted by Crippen LogP contribution is -2.38. The fourth-order valence-electron chi connectivity index (χ4n) is 1.93. The molecule has 1 aromatic rings. The molecule has 0 N–H and O–H groups in total. The van der Waals surface area contributed by atoms with E-state index in [1.165, 1.54) is 45.0 Å². The van der Waals surface area contributed by atoms with Crippen molar-refractivity contribution in [3.05, 3.63) is 45.5 Å². The summed E-state index contributed by atoms with van der Waals surface area (Å²) in [6, 6.07) is 5.39. The number of benzene rings is 1. The number of ether oxygens (including phenoxy) is 2. The van der Waals surface area contributed by atoms with Crippen LogP contribution in [0.25, 0.3) is 5.76 Å². The normalized spacial score (nSPS) is 17.0. The number of nitro groups is 1. The quantitative estimate of drug-likeness (QED) is 0.366. The third kappa shape index (κ3) is 2.91. The number of nitro benzene ring substituents is 1. The van der Waals surface area contributed by atoms with Crippen molar-refractivity contribution >= 4 is 23.2 Å². The molecule has 0 radical (unpaired) electrons. The van der Waals surface area contributed by atoms with Crippen molar-refractivity contribution in [1.29, 1.82) is 0 Å². The van der Waals surface area contributed by atoms with Gasteiger partial charge in [-0.25, -0.2) is 4.79 Å². The van der Waals surface area contributed by atoms with Crippen molar-refractivity contribution in [3.63, 3.8) is 0 Å². The number of non-ortho nitro benzene ring substituents is 1. The highest BCUT2D eigenvalue weighted by Crippen LogP contribution is 2.33. The summed E-state index contributed by atoms with van der Waals surface area (Å²) < 4.78 is 10.6. The van der Waals surface area contributed by atoms with E-state index < -0.39 is 22.5 Å². The number of ketones is 1. The Kier molecular flexibility index (Phi) is 3.51. The Morgan fingerprint density at radius 1 is 1.19 bits per heavy atom. The molecule has 0 saturated heterocycles. The summed E-state index contributed by atoms with van der Waals surface area (Å²) >= 11 is 0. The number of Topliss-reactive ketones (excluding diaryl/α,β-unsaturated/α-hetero) is 1. The van der Waals surface area contributed by atoms with Crippen LogP contribution in [0.3, 0.4) is 0 Å². The van der Waals surface area contributed by atoms with Crippen molar-refractivity contribution in [2.24, 2.45) is 0 Å². The van der Waals surface area contributed by atoms with Gasteiger partial charge in [-0.1, -0.05) is 0 Å². The standard InChI is InChI=1S/C14H13NO6/c1-8(16)11-12(20-14(2,3)21-13(11)17)9-4-6-10(7-5-9)15(18)19/h4-7H,1-3H3. The van der Waals surface area contributed by atoms with E-state index in [1.54, 1.807) is 0 Å². The molecule has 0 aromatic heterocycles. The second kappa shape index (κ2) is 5.01. The van der Waals surface area contributed by atoms with Gasteiger partial charge in [0.2, 0.25) is 5.79 Å². The second-order valence-electron chi connectivity index (χ2n) is 4.96. The first-order chi connectivity index (χ1) is 9.71. The summed E-state index contributed by atoms with van der Waals surface area (Å²) in [7, 11) is 0. The molecule has 7 heteroatoms. The molecule has 1 aliphatic rings.